The molecule has 1 unspecified atom stereocenters. The van der Waals surface area contributed by atoms with E-state index in [1.807, 2.05) is 0 Å². The van der Waals surface area contributed by atoms with E-state index in [9.17, 15) is 13.2 Å². The number of hydrogen-bond donors (Lipinski definition) is 0. The van der Waals surface area contributed by atoms with Gasteiger partial charge in [0.1, 0.15) is 10.6 Å². The average molecular weight is 424 g/mol. The van der Waals surface area contributed by atoms with Crippen LogP contribution in [0.15, 0.2) is 26.4 Å². The minimum absolute atomic E-state index is 0.0226. The Balaban J connectivity index is 2.38. The molecule has 2 aromatic heterocycles. The van der Waals surface area contributed by atoms with Crippen molar-refractivity contribution < 1.29 is 17.6 Å². The second-order valence-electron chi connectivity index (χ2n) is 3.33. The molecule has 0 N–H and O–H groups in total. The predicted molar refractivity (Wildman–Crippen MR) is 71.5 cm³/mol. The molecule has 8 heteroatoms. The maximum atomic E-state index is 12.6. The molecular formula is C10H4Br2ClF3OS. The third kappa shape index (κ3) is 2.79. The summed E-state index contributed by atoms with van der Waals surface area (Å²) >= 11 is 12.9. The van der Waals surface area contributed by atoms with Crippen molar-refractivity contribution in [3.63, 3.8) is 0 Å². The Morgan fingerprint density at radius 1 is 1.33 bits per heavy atom. The topological polar surface area (TPSA) is 13.1 Å². The molecule has 0 aliphatic heterocycles. The lowest BCUT2D eigenvalue weighted by atomic mass is 10.2. The van der Waals surface area contributed by atoms with Crippen LogP contribution in [0.3, 0.4) is 0 Å². The molecule has 0 spiro atoms. The van der Waals surface area contributed by atoms with Gasteiger partial charge in [0.15, 0.2) is 5.22 Å². The van der Waals surface area contributed by atoms with Crippen LogP contribution < -0.4 is 0 Å². The Hall–Kier alpha value is 0.0200. The Kier molecular flexibility index (Phi) is 4.16. The standard InChI is InChI=1S/C10H4Br2ClF3OS/c11-7-4(10(14,15)16)3-18-9(7)8(12)5-1-2-6(13)17-5/h1-3,8H. The summed E-state index contributed by atoms with van der Waals surface area (Å²) in [5.41, 5.74) is -0.690. The summed E-state index contributed by atoms with van der Waals surface area (Å²) in [5.74, 6) is 0.455. The molecule has 0 aliphatic rings. The second-order valence-corrected chi connectivity index (χ2v) is 6.32. The minimum atomic E-state index is -4.37. The summed E-state index contributed by atoms with van der Waals surface area (Å²) in [6.07, 6.45) is -4.37. The number of furan rings is 1. The number of alkyl halides is 4. The molecule has 2 heterocycles. The van der Waals surface area contributed by atoms with Crippen LogP contribution in [0, 0.1) is 0 Å². The molecule has 0 radical (unpaired) electrons. The zero-order valence-corrected chi connectivity index (χ0v) is 13.1. The van der Waals surface area contributed by atoms with Crippen LogP contribution in [0.5, 0.6) is 0 Å². The summed E-state index contributed by atoms with van der Waals surface area (Å²) in [4.78, 5) is 0.00816. The fraction of sp³-hybridized carbons (Fsp3) is 0.200. The fourth-order valence-electron chi connectivity index (χ4n) is 1.31. The van der Waals surface area contributed by atoms with E-state index in [0.717, 1.165) is 16.7 Å². The number of thiophene rings is 1. The molecule has 0 aliphatic carbocycles. The number of rotatable bonds is 2. The van der Waals surface area contributed by atoms with Crippen molar-refractivity contribution in [3.8, 4) is 0 Å². The van der Waals surface area contributed by atoms with Gasteiger partial charge in [-0.15, -0.1) is 11.3 Å². The van der Waals surface area contributed by atoms with E-state index in [2.05, 4.69) is 31.9 Å². The van der Waals surface area contributed by atoms with Gasteiger partial charge >= 0.3 is 6.18 Å². The Morgan fingerprint density at radius 3 is 2.44 bits per heavy atom. The van der Waals surface area contributed by atoms with Crippen LogP contribution >= 0.6 is 54.8 Å². The molecule has 0 amide bonds. The highest BCUT2D eigenvalue weighted by Gasteiger charge is 2.36. The highest BCUT2D eigenvalue weighted by Crippen LogP contribution is 2.46. The molecule has 2 aromatic rings. The smallest absolute Gasteiger partial charge is 0.418 e. The third-order valence-electron chi connectivity index (χ3n) is 2.14. The average Bonchev–Trinajstić information content (AvgIpc) is 2.82. The molecule has 0 aromatic carbocycles. The first-order chi connectivity index (χ1) is 8.30. The second kappa shape index (κ2) is 5.19. The van der Waals surface area contributed by atoms with Crippen LogP contribution in [0.2, 0.25) is 5.22 Å². The van der Waals surface area contributed by atoms with E-state index in [0.29, 0.717) is 10.6 Å². The van der Waals surface area contributed by atoms with Gasteiger partial charge in [-0.2, -0.15) is 13.2 Å². The Bertz CT molecular complexity index is 564. The van der Waals surface area contributed by atoms with Crippen LogP contribution in [0.25, 0.3) is 0 Å². The molecule has 0 fully saturated rings. The molecule has 0 saturated carbocycles. The highest BCUT2D eigenvalue weighted by molar-refractivity contribution is 9.11. The Morgan fingerprint density at radius 2 is 2.00 bits per heavy atom. The summed E-state index contributed by atoms with van der Waals surface area (Å²) < 4.78 is 43.1. The van der Waals surface area contributed by atoms with Gasteiger partial charge in [0, 0.05) is 14.7 Å². The van der Waals surface area contributed by atoms with Crippen molar-refractivity contribution in [2.24, 2.45) is 0 Å². The van der Waals surface area contributed by atoms with Crippen LogP contribution in [0.1, 0.15) is 21.0 Å². The maximum absolute atomic E-state index is 12.6. The van der Waals surface area contributed by atoms with E-state index in [-0.39, 0.29) is 9.69 Å². The maximum Gasteiger partial charge on any atom is 0.418 e. The first kappa shape index (κ1) is 14.4. The van der Waals surface area contributed by atoms with Crippen molar-refractivity contribution in [3.05, 3.63) is 43.4 Å². The SMILES string of the molecule is FC(F)(F)c1csc(C(Br)c2ccc(Cl)o2)c1Br. The lowest BCUT2D eigenvalue weighted by Crippen LogP contribution is -2.04. The largest absolute Gasteiger partial charge is 0.448 e. The van der Waals surface area contributed by atoms with Gasteiger partial charge in [-0.05, 0) is 39.7 Å². The van der Waals surface area contributed by atoms with Crippen molar-refractivity contribution in [1.29, 1.82) is 0 Å². The molecule has 1 atom stereocenters. The lowest BCUT2D eigenvalue weighted by molar-refractivity contribution is -0.137. The van der Waals surface area contributed by atoms with Crippen LogP contribution in [-0.2, 0) is 6.18 Å². The van der Waals surface area contributed by atoms with Crippen LogP contribution in [-0.4, -0.2) is 0 Å². The fourth-order valence-corrected chi connectivity index (χ4v) is 4.52. The molecule has 18 heavy (non-hydrogen) atoms. The van der Waals surface area contributed by atoms with Gasteiger partial charge in [0.05, 0.1) is 5.56 Å². The molecule has 98 valence electrons. The van der Waals surface area contributed by atoms with Crippen molar-refractivity contribution >= 4 is 54.8 Å². The summed E-state index contributed by atoms with van der Waals surface area (Å²) in [5, 5.41) is 1.26. The van der Waals surface area contributed by atoms with E-state index in [4.69, 9.17) is 16.0 Å². The third-order valence-corrected chi connectivity index (χ3v) is 5.72. The van der Waals surface area contributed by atoms with E-state index in [1.165, 1.54) is 6.07 Å². The van der Waals surface area contributed by atoms with Gasteiger partial charge in [-0.3, -0.25) is 0 Å². The van der Waals surface area contributed by atoms with Crippen molar-refractivity contribution in [2.75, 3.05) is 0 Å². The minimum Gasteiger partial charge on any atom is -0.448 e. The molecule has 0 bridgehead atoms. The summed E-state index contributed by atoms with van der Waals surface area (Å²) in [6, 6.07) is 3.15. The zero-order valence-electron chi connectivity index (χ0n) is 8.39. The van der Waals surface area contributed by atoms with E-state index >= 15 is 0 Å². The van der Waals surface area contributed by atoms with E-state index < -0.39 is 16.6 Å². The molecular weight excluding hydrogens is 420 g/mol. The zero-order chi connectivity index (χ0) is 13.5. The number of halogens is 6. The van der Waals surface area contributed by atoms with Gasteiger partial charge in [-0.1, -0.05) is 15.9 Å². The highest BCUT2D eigenvalue weighted by atomic mass is 79.9. The monoisotopic (exact) mass is 422 g/mol. The van der Waals surface area contributed by atoms with Crippen molar-refractivity contribution in [1.82, 2.24) is 0 Å². The van der Waals surface area contributed by atoms with Gasteiger partial charge in [-0.25, -0.2) is 0 Å². The summed E-state index contributed by atoms with van der Waals surface area (Å²) in [6.45, 7) is 0. The van der Waals surface area contributed by atoms with Crippen LogP contribution in [0.4, 0.5) is 13.2 Å². The number of hydrogen-bond acceptors (Lipinski definition) is 2. The normalized spacial score (nSPS) is 13.9. The summed E-state index contributed by atoms with van der Waals surface area (Å²) in [7, 11) is 0. The van der Waals surface area contributed by atoms with Crippen molar-refractivity contribution in [2.45, 2.75) is 11.0 Å². The molecule has 1 nitrogen and oxygen atoms in total. The van der Waals surface area contributed by atoms with Gasteiger partial charge < -0.3 is 4.42 Å². The Labute approximate surface area is 126 Å². The van der Waals surface area contributed by atoms with Gasteiger partial charge in [0.25, 0.3) is 0 Å². The van der Waals surface area contributed by atoms with Gasteiger partial charge in [0.2, 0.25) is 0 Å². The predicted octanol–water partition coefficient (Wildman–Crippen LogP) is 6.26. The first-order valence-electron chi connectivity index (χ1n) is 4.54. The quantitative estimate of drug-likeness (QED) is 0.519. The molecule has 2 rings (SSSR count). The molecule has 0 saturated heterocycles. The lowest BCUT2D eigenvalue weighted by Gasteiger charge is -2.07. The first-order valence-corrected chi connectivity index (χ1v) is 7.50. The van der Waals surface area contributed by atoms with E-state index in [1.54, 1.807) is 6.07 Å².